The van der Waals surface area contributed by atoms with E-state index in [-0.39, 0.29) is 24.2 Å². The van der Waals surface area contributed by atoms with E-state index in [1.807, 2.05) is 0 Å². The average Bonchev–Trinajstić information content (AvgIpc) is 2.45. The number of aliphatic hydroxyl groups excluding tert-OH is 1. The van der Waals surface area contributed by atoms with Crippen molar-refractivity contribution in [1.82, 2.24) is 4.90 Å². The van der Waals surface area contributed by atoms with Crippen molar-refractivity contribution in [2.24, 2.45) is 11.8 Å². The van der Waals surface area contributed by atoms with Gasteiger partial charge in [0, 0.05) is 19.1 Å². The number of nitrogens with zero attached hydrogens (tertiary/aromatic N) is 2. The second-order valence-corrected chi connectivity index (χ2v) is 7.38. The molecule has 2 fully saturated rings. The van der Waals surface area contributed by atoms with Gasteiger partial charge in [0.25, 0.3) is 0 Å². The number of hydrogen-bond acceptors (Lipinski definition) is 4. The molecule has 0 amide bonds. The maximum Gasteiger partial charge on any atom is 0.0940 e. The summed E-state index contributed by atoms with van der Waals surface area (Å²) >= 11 is 0. The van der Waals surface area contributed by atoms with Crippen molar-refractivity contribution in [3.8, 4) is 6.07 Å². The van der Waals surface area contributed by atoms with Gasteiger partial charge in [-0.25, -0.2) is 0 Å². The molecule has 21 heavy (non-hydrogen) atoms. The Hall–Kier alpha value is -0.630. The van der Waals surface area contributed by atoms with E-state index < -0.39 is 0 Å². The predicted octanol–water partition coefficient (Wildman–Crippen LogP) is 2.57. The number of hydrogen-bond donors (Lipinski definition) is 1. The monoisotopic (exact) mass is 294 g/mol. The van der Waals surface area contributed by atoms with Crippen molar-refractivity contribution < 1.29 is 9.84 Å². The van der Waals surface area contributed by atoms with Gasteiger partial charge >= 0.3 is 0 Å². The third-order valence-electron chi connectivity index (χ3n) is 4.97. The van der Waals surface area contributed by atoms with Gasteiger partial charge in [0.05, 0.1) is 30.3 Å². The molecule has 0 bridgehead atoms. The standard InChI is InChI=1S/C17H30N2O2/c1-4-5-13-6-7-14(9-18)16(8-13)19-10-15(11-20)21-17(2,3)12-19/h13-16,20H,4-8,10-12H2,1-3H3. The molecule has 0 spiro atoms. The van der Waals surface area contributed by atoms with E-state index in [4.69, 9.17) is 4.74 Å². The summed E-state index contributed by atoms with van der Waals surface area (Å²) in [4.78, 5) is 2.42. The quantitative estimate of drug-likeness (QED) is 0.866. The van der Waals surface area contributed by atoms with Crippen molar-refractivity contribution in [2.45, 2.75) is 70.6 Å². The van der Waals surface area contributed by atoms with E-state index >= 15 is 0 Å². The molecule has 0 aromatic rings. The van der Waals surface area contributed by atoms with Crippen LogP contribution in [0.5, 0.6) is 0 Å². The summed E-state index contributed by atoms with van der Waals surface area (Å²) in [6.07, 6.45) is 5.71. The molecular weight excluding hydrogens is 264 g/mol. The van der Waals surface area contributed by atoms with Gasteiger partial charge in [0.15, 0.2) is 0 Å². The highest BCUT2D eigenvalue weighted by molar-refractivity contribution is 5.00. The summed E-state index contributed by atoms with van der Waals surface area (Å²) < 4.78 is 5.91. The number of aliphatic hydroxyl groups is 1. The van der Waals surface area contributed by atoms with E-state index in [1.165, 1.54) is 19.3 Å². The number of morpholine rings is 1. The number of ether oxygens (including phenoxy) is 1. The van der Waals surface area contributed by atoms with Crippen LogP contribution in [0.1, 0.15) is 52.9 Å². The normalized spacial score (nSPS) is 37.1. The zero-order valence-corrected chi connectivity index (χ0v) is 13.7. The first kappa shape index (κ1) is 16.7. The lowest BCUT2D eigenvalue weighted by molar-refractivity contribution is -0.162. The molecule has 4 nitrogen and oxygen atoms in total. The second kappa shape index (κ2) is 7.09. The molecule has 4 atom stereocenters. The van der Waals surface area contributed by atoms with E-state index in [9.17, 15) is 10.4 Å². The van der Waals surface area contributed by atoms with Crippen LogP contribution in [0.3, 0.4) is 0 Å². The average molecular weight is 294 g/mol. The van der Waals surface area contributed by atoms with Crippen LogP contribution in [0.2, 0.25) is 0 Å². The van der Waals surface area contributed by atoms with Crippen LogP contribution in [0.25, 0.3) is 0 Å². The maximum absolute atomic E-state index is 9.50. The van der Waals surface area contributed by atoms with Crippen LogP contribution in [0.4, 0.5) is 0 Å². The van der Waals surface area contributed by atoms with Crippen molar-refractivity contribution in [1.29, 1.82) is 5.26 Å². The second-order valence-electron chi connectivity index (χ2n) is 7.38. The minimum atomic E-state index is -0.247. The van der Waals surface area contributed by atoms with Crippen LogP contribution in [0.15, 0.2) is 0 Å². The Morgan fingerprint density at radius 1 is 1.38 bits per heavy atom. The lowest BCUT2D eigenvalue weighted by atomic mass is 9.76. The highest BCUT2D eigenvalue weighted by Gasteiger charge is 2.41. The van der Waals surface area contributed by atoms with Crippen LogP contribution in [-0.2, 0) is 4.74 Å². The van der Waals surface area contributed by atoms with Gasteiger partial charge in [-0.1, -0.05) is 19.8 Å². The molecule has 1 N–H and O–H groups in total. The summed E-state index contributed by atoms with van der Waals surface area (Å²) in [5, 5.41) is 19.0. The van der Waals surface area contributed by atoms with Crippen LogP contribution >= 0.6 is 0 Å². The van der Waals surface area contributed by atoms with Gasteiger partial charge in [-0.3, -0.25) is 4.90 Å². The molecule has 4 heteroatoms. The van der Waals surface area contributed by atoms with E-state index in [1.54, 1.807) is 0 Å². The molecule has 0 aromatic heterocycles. The van der Waals surface area contributed by atoms with Crippen molar-refractivity contribution >= 4 is 0 Å². The topological polar surface area (TPSA) is 56.5 Å². The fraction of sp³-hybridized carbons (Fsp3) is 0.941. The largest absolute Gasteiger partial charge is 0.394 e. The number of nitriles is 1. The first-order valence-electron chi connectivity index (χ1n) is 8.41. The van der Waals surface area contributed by atoms with Gasteiger partial charge in [0.1, 0.15) is 0 Å². The highest BCUT2D eigenvalue weighted by atomic mass is 16.5. The first-order chi connectivity index (χ1) is 9.99. The molecule has 0 aromatic carbocycles. The predicted molar refractivity (Wildman–Crippen MR) is 82.8 cm³/mol. The molecule has 2 rings (SSSR count). The minimum absolute atomic E-state index is 0.0578. The molecule has 1 saturated heterocycles. The summed E-state index contributed by atoms with van der Waals surface area (Å²) in [6.45, 7) is 8.06. The maximum atomic E-state index is 9.50. The van der Waals surface area contributed by atoms with E-state index in [0.29, 0.717) is 6.04 Å². The third-order valence-corrected chi connectivity index (χ3v) is 4.97. The summed E-state index contributed by atoms with van der Waals surface area (Å²) in [6, 6.07) is 2.86. The van der Waals surface area contributed by atoms with Crippen LogP contribution in [-0.4, -0.2) is 47.4 Å². The molecule has 1 aliphatic heterocycles. The fourth-order valence-electron chi connectivity index (χ4n) is 4.14. The van der Waals surface area contributed by atoms with Crippen molar-refractivity contribution in [3.05, 3.63) is 0 Å². The van der Waals surface area contributed by atoms with Gasteiger partial charge in [0.2, 0.25) is 0 Å². The smallest absolute Gasteiger partial charge is 0.0940 e. The van der Waals surface area contributed by atoms with Crippen molar-refractivity contribution in [3.63, 3.8) is 0 Å². The van der Waals surface area contributed by atoms with Gasteiger partial charge in [-0.2, -0.15) is 5.26 Å². The van der Waals surface area contributed by atoms with Gasteiger partial charge < -0.3 is 9.84 Å². The molecule has 4 unspecified atom stereocenters. The lowest BCUT2D eigenvalue weighted by Crippen LogP contribution is -2.59. The molecular formula is C17H30N2O2. The SMILES string of the molecule is CCCC1CCC(C#N)C(N2CC(CO)OC(C)(C)C2)C1. The highest BCUT2D eigenvalue weighted by Crippen LogP contribution is 2.36. The Morgan fingerprint density at radius 3 is 2.76 bits per heavy atom. The Labute approximate surface area is 129 Å². The van der Waals surface area contributed by atoms with Crippen LogP contribution < -0.4 is 0 Å². The van der Waals surface area contributed by atoms with Crippen LogP contribution in [0, 0.1) is 23.2 Å². The Kier molecular flexibility index (Phi) is 5.65. The van der Waals surface area contributed by atoms with E-state index in [2.05, 4.69) is 31.7 Å². The third kappa shape index (κ3) is 4.18. The number of rotatable bonds is 4. The zero-order valence-electron chi connectivity index (χ0n) is 13.7. The van der Waals surface area contributed by atoms with E-state index in [0.717, 1.165) is 31.8 Å². The first-order valence-corrected chi connectivity index (χ1v) is 8.41. The molecule has 1 heterocycles. The summed E-state index contributed by atoms with van der Waals surface area (Å²) in [5.41, 5.74) is -0.247. The fourth-order valence-corrected chi connectivity index (χ4v) is 4.14. The van der Waals surface area contributed by atoms with Crippen molar-refractivity contribution in [2.75, 3.05) is 19.7 Å². The Balaban J connectivity index is 2.10. The molecule has 120 valence electrons. The molecule has 2 aliphatic rings. The summed E-state index contributed by atoms with van der Waals surface area (Å²) in [5.74, 6) is 0.884. The van der Waals surface area contributed by atoms with Gasteiger partial charge in [-0.05, 0) is 39.0 Å². The molecule has 1 saturated carbocycles. The molecule has 1 aliphatic carbocycles. The Bertz CT molecular complexity index is 377. The van der Waals surface area contributed by atoms with Gasteiger partial charge in [-0.15, -0.1) is 0 Å². The lowest BCUT2D eigenvalue weighted by Gasteiger charge is -2.48. The minimum Gasteiger partial charge on any atom is -0.394 e. The zero-order chi connectivity index (χ0) is 15.5. The Morgan fingerprint density at radius 2 is 2.14 bits per heavy atom. The summed E-state index contributed by atoms with van der Waals surface area (Å²) in [7, 11) is 0. The molecule has 0 radical (unpaired) electrons.